The monoisotopic (exact) mass is 809 g/mol. The SMILES string of the molecule is C[N+]1(c2nc(-c3ccccc3)nc(-c3ccccc3)n2)c2ccccc2-c2cc(-c3ccc4c(c3)c3ccccc3n4-c3nc(-c4ccccc4)nc(-c4ccccc4)n3)ccc21. The Hall–Kier alpha value is -8.46. The molecule has 3 aromatic heterocycles. The molecule has 1 aliphatic rings. The van der Waals surface area contributed by atoms with Crippen molar-refractivity contribution >= 4 is 39.1 Å². The number of benzene rings is 8. The highest BCUT2D eigenvalue weighted by atomic mass is 15.4. The van der Waals surface area contributed by atoms with Gasteiger partial charge in [-0.1, -0.05) is 158 Å². The first-order valence-electron chi connectivity index (χ1n) is 21.0. The molecular weight excluding hydrogens is 773 g/mol. The van der Waals surface area contributed by atoms with E-state index in [2.05, 4.69) is 96.5 Å². The van der Waals surface area contributed by atoms with Crippen LogP contribution < -0.4 is 4.48 Å². The summed E-state index contributed by atoms with van der Waals surface area (Å²) >= 11 is 0. The molecule has 0 saturated heterocycles. The highest BCUT2D eigenvalue weighted by Gasteiger charge is 2.45. The van der Waals surface area contributed by atoms with E-state index < -0.39 is 0 Å². The zero-order valence-corrected chi connectivity index (χ0v) is 34.2. The number of quaternary nitrogens is 1. The second kappa shape index (κ2) is 14.6. The largest absolute Gasteiger partial charge is 0.343 e. The smallest absolute Gasteiger partial charge is 0.278 e. The lowest BCUT2D eigenvalue weighted by molar-refractivity contribution is 0.600. The normalized spacial score (nSPS) is 14.2. The molecule has 0 amide bonds. The summed E-state index contributed by atoms with van der Waals surface area (Å²) in [6.45, 7) is 0. The van der Waals surface area contributed by atoms with Crippen LogP contribution >= 0.6 is 0 Å². The predicted molar refractivity (Wildman–Crippen MR) is 254 cm³/mol. The molecule has 8 aromatic carbocycles. The summed E-state index contributed by atoms with van der Waals surface area (Å²) < 4.78 is 2.46. The standard InChI is InChI=1S/C55H37N8/c1-63(55-60-52(38-22-10-4-11-23-38)57-53(61-55)39-24-12-5-13-25-39)48-29-17-15-27-43(48)45-35-41(31-33-49(45)63)40-30-32-47-44(34-40)42-26-14-16-28-46(42)62(47)54-58-50(36-18-6-2-7-19-36)56-51(59-54)37-20-8-3-9-21-37/h2-35H,1H3/q+1. The molecule has 0 N–H and O–H groups in total. The highest BCUT2D eigenvalue weighted by molar-refractivity contribution is 6.10. The van der Waals surface area contributed by atoms with E-state index in [4.69, 9.17) is 29.9 Å². The second-order valence-corrected chi connectivity index (χ2v) is 15.9. The van der Waals surface area contributed by atoms with Gasteiger partial charge in [0.25, 0.3) is 0 Å². The molecule has 1 unspecified atom stereocenters. The Morgan fingerprint density at radius 2 is 0.778 bits per heavy atom. The van der Waals surface area contributed by atoms with Crippen molar-refractivity contribution in [2.24, 2.45) is 0 Å². The van der Waals surface area contributed by atoms with Crippen LogP contribution in [0.25, 0.3) is 95.6 Å². The van der Waals surface area contributed by atoms with E-state index in [1.807, 2.05) is 121 Å². The van der Waals surface area contributed by atoms with Crippen molar-refractivity contribution in [2.75, 3.05) is 7.05 Å². The highest BCUT2D eigenvalue weighted by Crippen LogP contribution is 2.56. The Bertz CT molecular complexity index is 3400. The lowest BCUT2D eigenvalue weighted by Crippen LogP contribution is -2.34. The van der Waals surface area contributed by atoms with Crippen molar-refractivity contribution in [3.05, 3.63) is 206 Å². The van der Waals surface area contributed by atoms with Crippen LogP contribution in [0.5, 0.6) is 0 Å². The maximum absolute atomic E-state index is 5.23. The quantitative estimate of drug-likeness (QED) is 0.149. The number of hydrogen-bond acceptors (Lipinski definition) is 6. The van der Waals surface area contributed by atoms with Crippen LogP contribution in [0.4, 0.5) is 17.3 Å². The molecule has 0 saturated carbocycles. The number of hydrogen-bond donors (Lipinski definition) is 0. The number of fused-ring (bicyclic) bond motifs is 6. The first-order valence-corrected chi connectivity index (χ1v) is 21.0. The third kappa shape index (κ3) is 6.03. The zero-order valence-electron chi connectivity index (χ0n) is 34.2. The molecule has 8 nitrogen and oxygen atoms in total. The Kier molecular flexibility index (Phi) is 8.45. The molecule has 0 aliphatic carbocycles. The van der Waals surface area contributed by atoms with Gasteiger partial charge >= 0.3 is 5.95 Å². The molecule has 0 spiro atoms. The molecule has 1 aliphatic heterocycles. The van der Waals surface area contributed by atoms with E-state index in [1.165, 1.54) is 0 Å². The molecule has 1 atom stereocenters. The van der Waals surface area contributed by atoms with Gasteiger partial charge in [0.15, 0.2) is 34.7 Å². The second-order valence-electron chi connectivity index (χ2n) is 15.9. The molecule has 4 heterocycles. The van der Waals surface area contributed by atoms with Gasteiger partial charge < -0.3 is 0 Å². The minimum atomic E-state index is 0.294. The molecule has 0 bridgehead atoms. The molecule has 0 radical (unpaired) electrons. The van der Waals surface area contributed by atoms with Crippen molar-refractivity contribution in [3.63, 3.8) is 0 Å². The number of nitrogens with zero attached hydrogens (tertiary/aromatic N) is 8. The van der Waals surface area contributed by atoms with Crippen LogP contribution in [0.1, 0.15) is 0 Å². The van der Waals surface area contributed by atoms with E-state index in [9.17, 15) is 0 Å². The summed E-state index contributed by atoms with van der Waals surface area (Å²) in [6, 6.07) is 71.1. The Morgan fingerprint density at radius 1 is 0.333 bits per heavy atom. The fourth-order valence-corrected chi connectivity index (χ4v) is 9.02. The van der Waals surface area contributed by atoms with Gasteiger partial charge in [-0.25, -0.2) is 9.97 Å². The van der Waals surface area contributed by atoms with Gasteiger partial charge in [-0.15, -0.1) is 0 Å². The molecule has 0 fully saturated rings. The third-order valence-corrected chi connectivity index (χ3v) is 12.1. The minimum Gasteiger partial charge on any atom is -0.278 e. The number of para-hydroxylation sites is 2. The molecule has 63 heavy (non-hydrogen) atoms. The third-order valence-electron chi connectivity index (χ3n) is 12.1. The number of rotatable bonds is 7. The number of aromatic nitrogens is 7. The topological polar surface area (TPSA) is 82.3 Å². The summed E-state index contributed by atoms with van der Waals surface area (Å²) in [5.74, 6) is 3.74. The van der Waals surface area contributed by atoms with Gasteiger partial charge in [0.1, 0.15) is 0 Å². The van der Waals surface area contributed by atoms with Crippen LogP contribution in [-0.2, 0) is 0 Å². The summed E-state index contributed by atoms with van der Waals surface area (Å²) in [5, 5.41) is 2.23. The molecule has 11 aromatic rings. The van der Waals surface area contributed by atoms with Gasteiger partial charge in [-0.05, 0) is 47.5 Å². The predicted octanol–water partition coefficient (Wildman–Crippen LogP) is 13.1. The Balaban J connectivity index is 1.01. The lowest BCUT2D eigenvalue weighted by Gasteiger charge is -2.28. The first-order chi connectivity index (χ1) is 31.1. The van der Waals surface area contributed by atoms with E-state index in [0.29, 0.717) is 39.7 Å². The molecule has 12 rings (SSSR count). The fourth-order valence-electron chi connectivity index (χ4n) is 9.02. The van der Waals surface area contributed by atoms with Crippen molar-refractivity contribution in [1.29, 1.82) is 0 Å². The summed E-state index contributed by atoms with van der Waals surface area (Å²) in [7, 11) is 2.19. The maximum atomic E-state index is 5.23. The summed E-state index contributed by atoms with van der Waals surface area (Å²) in [5.41, 5.74) is 12.5. The average Bonchev–Trinajstić information content (AvgIpc) is 3.84. The minimum absolute atomic E-state index is 0.294. The summed E-state index contributed by atoms with van der Waals surface area (Å²) in [6.07, 6.45) is 0. The van der Waals surface area contributed by atoms with Crippen molar-refractivity contribution in [2.45, 2.75) is 0 Å². The Labute approximate surface area is 363 Å². The fraction of sp³-hybridized carbons (Fsp3) is 0.0182. The van der Waals surface area contributed by atoms with E-state index in [-0.39, 0.29) is 0 Å². The van der Waals surface area contributed by atoms with E-state index >= 15 is 0 Å². The zero-order chi connectivity index (χ0) is 41.9. The maximum Gasteiger partial charge on any atom is 0.343 e. The van der Waals surface area contributed by atoms with Gasteiger partial charge in [0.2, 0.25) is 5.95 Å². The van der Waals surface area contributed by atoms with Crippen LogP contribution in [0, 0.1) is 0 Å². The average molecular weight is 810 g/mol. The van der Waals surface area contributed by atoms with Crippen LogP contribution in [0.3, 0.4) is 0 Å². The molecule has 296 valence electrons. The van der Waals surface area contributed by atoms with Crippen molar-refractivity contribution in [3.8, 4) is 73.8 Å². The molecular formula is C55H37N8+. The van der Waals surface area contributed by atoms with E-state index in [0.717, 1.165) is 77.7 Å². The summed E-state index contributed by atoms with van der Waals surface area (Å²) in [4.78, 5) is 30.7. The van der Waals surface area contributed by atoms with Crippen LogP contribution in [0.2, 0.25) is 0 Å². The van der Waals surface area contributed by atoms with Crippen molar-refractivity contribution < 1.29 is 0 Å². The molecule has 8 heteroatoms. The van der Waals surface area contributed by atoms with Gasteiger partial charge in [-0.2, -0.15) is 24.4 Å². The van der Waals surface area contributed by atoms with Gasteiger partial charge in [-0.3, -0.25) is 4.57 Å². The van der Waals surface area contributed by atoms with Crippen LogP contribution in [0.15, 0.2) is 206 Å². The Morgan fingerprint density at radius 3 is 1.37 bits per heavy atom. The lowest BCUT2D eigenvalue weighted by atomic mass is 9.98. The van der Waals surface area contributed by atoms with E-state index in [1.54, 1.807) is 0 Å². The van der Waals surface area contributed by atoms with Crippen molar-refractivity contribution in [1.82, 2.24) is 39.0 Å². The van der Waals surface area contributed by atoms with Gasteiger partial charge in [0, 0.05) is 50.7 Å². The first kappa shape index (κ1) is 36.4. The van der Waals surface area contributed by atoms with Gasteiger partial charge in [0.05, 0.1) is 23.6 Å². The van der Waals surface area contributed by atoms with Crippen LogP contribution in [-0.4, -0.2) is 41.5 Å².